The molecule has 1 heterocycles. The van der Waals surface area contributed by atoms with Gasteiger partial charge in [-0.3, -0.25) is 0 Å². The molecule has 0 aliphatic carbocycles. The van der Waals surface area contributed by atoms with Crippen molar-refractivity contribution in [2.75, 3.05) is 14.1 Å². The van der Waals surface area contributed by atoms with Crippen LogP contribution in [0.4, 0.5) is 0 Å². The van der Waals surface area contributed by atoms with Crippen LogP contribution in [0.25, 0.3) is 0 Å². The van der Waals surface area contributed by atoms with E-state index in [4.69, 9.17) is 0 Å². The molecule has 62 valence electrons. The summed E-state index contributed by atoms with van der Waals surface area (Å²) in [6, 6.07) is 0. The number of nitrogens with zero attached hydrogens (tertiary/aromatic N) is 3. The first kappa shape index (κ1) is 11.7. The molecule has 1 aromatic rings. The second-order valence-corrected chi connectivity index (χ2v) is 2.71. The Hall–Kier alpha value is -0.273. The van der Waals surface area contributed by atoms with Gasteiger partial charge in [0.05, 0.1) is 0 Å². The van der Waals surface area contributed by atoms with E-state index in [1.807, 2.05) is 7.05 Å². The number of imidazole rings is 1. The van der Waals surface area contributed by atoms with Gasteiger partial charge in [0.1, 0.15) is 5.82 Å². The molecule has 1 aromatic heterocycles. The van der Waals surface area contributed by atoms with Crippen LogP contribution in [0.3, 0.4) is 0 Å². The van der Waals surface area contributed by atoms with E-state index in [-0.39, 0.29) is 18.9 Å². The van der Waals surface area contributed by atoms with Gasteiger partial charge in [-0.25, -0.2) is 4.98 Å². The minimum absolute atomic E-state index is 0. The van der Waals surface area contributed by atoms with Crippen LogP contribution in [0.1, 0.15) is 12.1 Å². The van der Waals surface area contributed by atoms with Gasteiger partial charge in [-0.05, 0) is 20.3 Å². The molecule has 0 fully saturated rings. The Morgan fingerprint density at radius 1 is 1.58 bits per heavy atom. The second-order valence-electron chi connectivity index (χ2n) is 2.71. The van der Waals surface area contributed by atoms with Crippen LogP contribution >= 0.6 is 0 Å². The summed E-state index contributed by atoms with van der Waals surface area (Å²) in [6.07, 6.45) is 2.53. The molecular formula is C7H12LiN3O. The van der Waals surface area contributed by atoms with Crippen LogP contribution in [0.5, 0.6) is 0 Å². The number of aromatic nitrogens is 2. The van der Waals surface area contributed by atoms with Crippen LogP contribution in [0.15, 0.2) is 12.4 Å². The molecule has 0 aromatic carbocycles. The molecule has 0 radical (unpaired) electrons. The van der Waals surface area contributed by atoms with Gasteiger partial charge in [0.15, 0.2) is 0 Å². The molecule has 5 heteroatoms. The van der Waals surface area contributed by atoms with Crippen molar-refractivity contribution in [1.29, 1.82) is 0 Å². The molecule has 1 atom stereocenters. The topological polar surface area (TPSA) is 44.1 Å². The Bertz CT molecular complexity index is 236. The fourth-order valence-corrected chi connectivity index (χ4v) is 0.846. The number of hydrogen-bond acceptors (Lipinski definition) is 3. The largest absolute Gasteiger partial charge is 1.00 e. The molecule has 0 aliphatic heterocycles. The van der Waals surface area contributed by atoms with Crippen molar-refractivity contribution in [3.63, 3.8) is 0 Å². The molecule has 12 heavy (non-hydrogen) atoms. The SMILES string of the molecule is CN(C)C([O-])c1nccn1C.[Li+]. The van der Waals surface area contributed by atoms with Crippen molar-refractivity contribution in [3.8, 4) is 0 Å². The molecule has 1 rings (SSSR count). The Morgan fingerprint density at radius 3 is 2.50 bits per heavy atom. The van der Waals surface area contributed by atoms with E-state index < -0.39 is 6.23 Å². The zero-order valence-electron chi connectivity index (χ0n) is 7.98. The minimum Gasteiger partial charge on any atom is -0.835 e. The first-order chi connectivity index (χ1) is 5.13. The number of aryl methyl sites for hydroxylation is 1. The average Bonchev–Trinajstić information content (AvgIpc) is 2.33. The maximum absolute atomic E-state index is 11.4. The zero-order chi connectivity index (χ0) is 8.43. The average molecular weight is 161 g/mol. The Morgan fingerprint density at radius 2 is 2.17 bits per heavy atom. The number of rotatable bonds is 2. The van der Waals surface area contributed by atoms with Crippen molar-refractivity contribution >= 4 is 0 Å². The molecule has 4 nitrogen and oxygen atoms in total. The summed E-state index contributed by atoms with van der Waals surface area (Å²) in [5.41, 5.74) is 0. The summed E-state index contributed by atoms with van der Waals surface area (Å²) in [5, 5.41) is 11.4. The van der Waals surface area contributed by atoms with Crippen molar-refractivity contribution in [2.24, 2.45) is 7.05 Å². The van der Waals surface area contributed by atoms with Gasteiger partial charge in [0.2, 0.25) is 0 Å². The third-order valence-corrected chi connectivity index (χ3v) is 1.55. The quantitative estimate of drug-likeness (QED) is 0.332. The normalized spacial score (nSPS) is 12.8. The first-order valence-electron chi connectivity index (χ1n) is 3.42. The summed E-state index contributed by atoms with van der Waals surface area (Å²) >= 11 is 0. The molecule has 0 N–H and O–H groups in total. The standard InChI is InChI=1S/C7H12N3O.Li/c1-9(2)7(11)6-8-4-5-10(6)3;/h4-5,7H,1-3H3;/q-1;+1. The van der Waals surface area contributed by atoms with Gasteiger partial charge in [-0.15, -0.1) is 0 Å². The summed E-state index contributed by atoms with van der Waals surface area (Å²) in [7, 11) is 5.30. The van der Waals surface area contributed by atoms with Crippen LogP contribution in [0, 0.1) is 0 Å². The summed E-state index contributed by atoms with van der Waals surface area (Å²) in [6.45, 7) is 0. The molecule has 0 bridgehead atoms. The van der Waals surface area contributed by atoms with Gasteiger partial charge in [0.25, 0.3) is 0 Å². The molecule has 0 saturated heterocycles. The van der Waals surface area contributed by atoms with Crippen molar-refractivity contribution < 1.29 is 24.0 Å². The molecule has 0 spiro atoms. The molecule has 0 aliphatic rings. The summed E-state index contributed by atoms with van der Waals surface area (Å²) in [4.78, 5) is 5.53. The van der Waals surface area contributed by atoms with Crippen molar-refractivity contribution in [1.82, 2.24) is 14.5 Å². The van der Waals surface area contributed by atoms with E-state index in [0.29, 0.717) is 5.82 Å². The monoisotopic (exact) mass is 161 g/mol. The van der Waals surface area contributed by atoms with Crippen LogP contribution < -0.4 is 24.0 Å². The van der Waals surface area contributed by atoms with Gasteiger partial charge in [-0.1, -0.05) is 0 Å². The third-order valence-electron chi connectivity index (χ3n) is 1.55. The fraction of sp³-hybridized carbons (Fsp3) is 0.571. The van der Waals surface area contributed by atoms with E-state index >= 15 is 0 Å². The Labute approximate surface area is 84.4 Å². The molecule has 1 unspecified atom stereocenters. The second kappa shape index (κ2) is 4.68. The van der Waals surface area contributed by atoms with Crippen LogP contribution in [0.2, 0.25) is 0 Å². The maximum Gasteiger partial charge on any atom is 1.00 e. The van der Waals surface area contributed by atoms with Gasteiger partial charge in [-0.2, -0.15) is 0 Å². The summed E-state index contributed by atoms with van der Waals surface area (Å²) < 4.78 is 1.73. The van der Waals surface area contributed by atoms with E-state index in [9.17, 15) is 5.11 Å². The third kappa shape index (κ3) is 2.36. The van der Waals surface area contributed by atoms with Crippen molar-refractivity contribution in [2.45, 2.75) is 6.23 Å². The number of hydrogen-bond donors (Lipinski definition) is 0. The smallest absolute Gasteiger partial charge is 0.835 e. The van der Waals surface area contributed by atoms with Crippen LogP contribution in [-0.4, -0.2) is 28.5 Å². The Balaban J connectivity index is 0.00000121. The first-order valence-corrected chi connectivity index (χ1v) is 3.42. The minimum atomic E-state index is -0.866. The summed E-state index contributed by atoms with van der Waals surface area (Å²) in [5.74, 6) is 0.551. The van der Waals surface area contributed by atoms with E-state index in [1.165, 1.54) is 0 Å². The molecular weight excluding hydrogens is 149 g/mol. The predicted octanol–water partition coefficient (Wildman–Crippen LogP) is -3.66. The van der Waals surface area contributed by atoms with Gasteiger partial charge < -0.3 is 14.6 Å². The van der Waals surface area contributed by atoms with E-state index in [1.54, 1.807) is 36.0 Å². The van der Waals surface area contributed by atoms with Crippen molar-refractivity contribution in [3.05, 3.63) is 18.2 Å². The van der Waals surface area contributed by atoms with Gasteiger partial charge >= 0.3 is 18.9 Å². The molecule has 0 saturated carbocycles. The Kier molecular flexibility index (Phi) is 4.57. The van der Waals surface area contributed by atoms with Crippen LogP contribution in [-0.2, 0) is 7.05 Å². The van der Waals surface area contributed by atoms with Gasteiger partial charge in [0, 0.05) is 19.4 Å². The fourth-order valence-electron chi connectivity index (χ4n) is 0.846. The molecule has 0 amide bonds. The maximum atomic E-state index is 11.4. The predicted molar refractivity (Wildman–Crippen MR) is 39.6 cm³/mol. The van der Waals surface area contributed by atoms with E-state index in [2.05, 4.69) is 4.98 Å². The zero-order valence-corrected chi connectivity index (χ0v) is 7.98. The van der Waals surface area contributed by atoms with E-state index in [0.717, 1.165) is 0 Å².